The van der Waals surface area contributed by atoms with Gasteiger partial charge in [0.25, 0.3) is 0 Å². The van der Waals surface area contributed by atoms with Gasteiger partial charge in [0.2, 0.25) is 5.91 Å². The second kappa shape index (κ2) is 21.0. The molecule has 0 fully saturated rings. The third kappa shape index (κ3) is 22.4. The van der Waals surface area contributed by atoms with E-state index in [2.05, 4.69) is 17.0 Å². The SMILES string of the molecule is CCCCCCCCCC(=O)OCCOCCOCCNC(=O)COCC(=O)O. The van der Waals surface area contributed by atoms with E-state index in [0.29, 0.717) is 39.4 Å². The molecule has 0 aliphatic rings. The minimum absolute atomic E-state index is 0.179. The number of ether oxygens (including phenoxy) is 4. The molecule has 9 heteroatoms. The van der Waals surface area contributed by atoms with Crippen LogP contribution >= 0.6 is 0 Å². The lowest BCUT2D eigenvalue weighted by Crippen LogP contribution is -2.31. The molecular formula is C20H37NO8. The minimum Gasteiger partial charge on any atom is -0.480 e. The van der Waals surface area contributed by atoms with Crippen molar-refractivity contribution in [3.05, 3.63) is 0 Å². The lowest BCUT2D eigenvalue weighted by Gasteiger charge is -2.08. The Kier molecular flexibility index (Phi) is 19.8. The molecular weight excluding hydrogens is 382 g/mol. The first-order valence-corrected chi connectivity index (χ1v) is 10.4. The number of aliphatic carboxylic acids is 1. The van der Waals surface area contributed by atoms with Gasteiger partial charge in [-0.25, -0.2) is 4.79 Å². The Labute approximate surface area is 173 Å². The number of unbranched alkanes of at least 4 members (excludes halogenated alkanes) is 6. The Hall–Kier alpha value is -1.71. The first-order chi connectivity index (χ1) is 14.1. The van der Waals surface area contributed by atoms with E-state index in [1.165, 1.54) is 32.1 Å². The first kappa shape index (κ1) is 27.3. The van der Waals surface area contributed by atoms with Crippen LogP contribution in [0.3, 0.4) is 0 Å². The molecule has 0 aromatic carbocycles. The van der Waals surface area contributed by atoms with E-state index in [9.17, 15) is 14.4 Å². The van der Waals surface area contributed by atoms with Crippen LogP contribution in [0, 0.1) is 0 Å². The highest BCUT2D eigenvalue weighted by Crippen LogP contribution is 2.08. The number of hydrogen-bond acceptors (Lipinski definition) is 7. The number of nitrogens with one attached hydrogen (secondary N) is 1. The van der Waals surface area contributed by atoms with E-state index in [4.69, 9.17) is 19.3 Å². The lowest BCUT2D eigenvalue weighted by molar-refractivity contribution is -0.146. The molecule has 2 N–H and O–H groups in total. The summed E-state index contributed by atoms with van der Waals surface area (Å²) in [6, 6.07) is 0. The number of rotatable bonds is 21. The summed E-state index contributed by atoms with van der Waals surface area (Å²) in [4.78, 5) is 33.1. The number of carbonyl (C=O) groups excluding carboxylic acids is 2. The molecule has 0 radical (unpaired) electrons. The predicted molar refractivity (Wildman–Crippen MR) is 107 cm³/mol. The van der Waals surface area contributed by atoms with Gasteiger partial charge in [0.1, 0.15) is 19.8 Å². The van der Waals surface area contributed by atoms with Crippen LogP contribution in [0.25, 0.3) is 0 Å². The van der Waals surface area contributed by atoms with Crippen molar-refractivity contribution >= 4 is 17.8 Å². The molecule has 0 aliphatic carbocycles. The summed E-state index contributed by atoms with van der Waals surface area (Å²) in [5.74, 6) is -1.70. The molecule has 0 saturated carbocycles. The fourth-order valence-corrected chi connectivity index (χ4v) is 2.38. The van der Waals surface area contributed by atoms with Crippen molar-refractivity contribution in [3.8, 4) is 0 Å². The van der Waals surface area contributed by atoms with Gasteiger partial charge >= 0.3 is 11.9 Å². The molecule has 0 rings (SSSR count). The lowest BCUT2D eigenvalue weighted by atomic mass is 10.1. The van der Waals surface area contributed by atoms with Crippen LogP contribution in [0.5, 0.6) is 0 Å². The highest BCUT2D eigenvalue weighted by atomic mass is 16.6. The van der Waals surface area contributed by atoms with Crippen molar-refractivity contribution in [2.45, 2.75) is 58.3 Å². The van der Waals surface area contributed by atoms with Crippen molar-refractivity contribution in [1.29, 1.82) is 0 Å². The number of carboxylic acids is 1. The van der Waals surface area contributed by atoms with E-state index in [0.717, 1.165) is 12.8 Å². The van der Waals surface area contributed by atoms with Crippen molar-refractivity contribution in [2.24, 2.45) is 0 Å². The fourth-order valence-electron chi connectivity index (χ4n) is 2.38. The number of hydrogen-bond donors (Lipinski definition) is 2. The van der Waals surface area contributed by atoms with Crippen molar-refractivity contribution < 1.29 is 38.4 Å². The van der Waals surface area contributed by atoms with Gasteiger partial charge in [0.05, 0.1) is 26.4 Å². The molecule has 0 saturated heterocycles. The molecule has 9 nitrogen and oxygen atoms in total. The average Bonchev–Trinajstić information content (AvgIpc) is 2.68. The molecule has 0 heterocycles. The van der Waals surface area contributed by atoms with Crippen molar-refractivity contribution in [2.75, 3.05) is 52.8 Å². The molecule has 0 unspecified atom stereocenters. The Morgan fingerprint density at radius 1 is 0.759 bits per heavy atom. The van der Waals surface area contributed by atoms with Crippen LogP contribution in [0.15, 0.2) is 0 Å². The number of carboxylic acid groups (broad SMARTS) is 1. The van der Waals surface area contributed by atoms with E-state index in [1.807, 2.05) is 0 Å². The quantitative estimate of drug-likeness (QED) is 0.214. The van der Waals surface area contributed by atoms with Gasteiger partial charge in [0, 0.05) is 13.0 Å². The van der Waals surface area contributed by atoms with Gasteiger partial charge in [-0.2, -0.15) is 0 Å². The zero-order valence-electron chi connectivity index (χ0n) is 17.6. The van der Waals surface area contributed by atoms with E-state index < -0.39 is 18.5 Å². The van der Waals surface area contributed by atoms with Crippen LogP contribution in [0.1, 0.15) is 58.3 Å². The third-order valence-corrected chi connectivity index (χ3v) is 3.87. The molecule has 29 heavy (non-hydrogen) atoms. The maximum absolute atomic E-state index is 11.6. The highest BCUT2D eigenvalue weighted by Gasteiger charge is 2.04. The summed E-state index contributed by atoms with van der Waals surface area (Å²) >= 11 is 0. The molecule has 170 valence electrons. The standard InChI is InChI=1S/C20H37NO8/c1-2-3-4-5-6-7-8-9-20(25)29-15-14-27-13-12-26-11-10-21-18(22)16-28-17-19(23)24/h2-17H2,1H3,(H,21,22)(H,23,24). The van der Waals surface area contributed by atoms with Gasteiger partial charge in [-0.05, 0) is 6.42 Å². The zero-order chi connectivity index (χ0) is 21.6. The Balaban J connectivity index is 3.25. The number of amides is 1. The summed E-state index contributed by atoms with van der Waals surface area (Å²) in [5.41, 5.74) is 0. The predicted octanol–water partition coefficient (Wildman–Crippen LogP) is 1.92. The third-order valence-electron chi connectivity index (χ3n) is 3.87. The summed E-state index contributed by atoms with van der Waals surface area (Å²) in [7, 11) is 0. The Bertz CT molecular complexity index is 431. The zero-order valence-corrected chi connectivity index (χ0v) is 17.6. The maximum atomic E-state index is 11.6. The van der Waals surface area contributed by atoms with Crippen LogP contribution in [-0.4, -0.2) is 75.7 Å². The molecule has 0 atom stereocenters. The summed E-state index contributed by atoms with van der Waals surface area (Å²) in [6.07, 6.45) is 8.64. The summed E-state index contributed by atoms with van der Waals surface area (Å²) in [6.45, 7) is 3.28. The second-order valence-corrected chi connectivity index (χ2v) is 6.55. The molecule has 0 aromatic rings. The summed E-state index contributed by atoms with van der Waals surface area (Å²) < 4.78 is 20.3. The number of esters is 1. The van der Waals surface area contributed by atoms with Gasteiger partial charge in [-0.15, -0.1) is 0 Å². The van der Waals surface area contributed by atoms with Gasteiger partial charge < -0.3 is 29.4 Å². The first-order valence-electron chi connectivity index (χ1n) is 10.4. The molecule has 0 aliphatic heterocycles. The smallest absolute Gasteiger partial charge is 0.329 e. The van der Waals surface area contributed by atoms with Crippen LogP contribution in [-0.2, 0) is 33.3 Å². The van der Waals surface area contributed by atoms with Gasteiger partial charge in [-0.3, -0.25) is 9.59 Å². The molecule has 0 bridgehead atoms. The van der Waals surface area contributed by atoms with E-state index in [-0.39, 0.29) is 19.2 Å². The highest BCUT2D eigenvalue weighted by molar-refractivity contribution is 5.77. The van der Waals surface area contributed by atoms with Crippen LogP contribution in [0.2, 0.25) is 0 Å². The van der Waals surface area contributed by atoms with Gasteiger partial charge in [0.15, 0.2) is 0 Å². The molecule has 1 amide bonds. The second-order valence-electron chi connectivity index (χ2n) is 6.55. The molecule has 0 spiro atoms. The van der Waals surface area contributed by atoms with Crippen LogP contribution < -0.4 is 5.32 Å². The average molecular weight is 420 g/mol. The van der Waals surface area contributed by atoms with E-state index >= 15 is 0 Å². The van der Waals surface area contributed by atoms with Crippen molar-refractivity contribution in [3.63, 3.8) is 0 Å². The molecule has 0 aromatic heterocycles. The van der Waals surface area contributed by atoms with Crippen LogP contribution in [0.4, 0.5) is 0 Å². The maximum Gasteiger partial charge on any atom is 0.329 e. The monoisotopic (exact) mass is 419 g/mol. The summed E-state index contributed by atoms with van der Waals surface area (Å²) in [5, 5.41) is 10.9. The minimum atomic E-state index is -1.12. The Morgan fingerprint density at radius 3 is 2.07 bits per heavy atom. The normalized spacial score (nSPS) is 10.7. The number of carbonyl (C=O) groups is 3. The topological polar surface area (TPSA) is 120 Å². The van der Waals surface area contributed by atoms with E-state index in [1.54, 1.807) is 0 Å². The van der Waals surface area contributed by atoms with Crippen molar-refractivity contribution in [1.82, 2.24) is 5.32 Å². The van der Waals surface area contributed by atoms with Gasteiger partial charge in [-0.1, -0.05) is 45.4 Å². The largest absolute Gasteiger partial charge is 0.480 e. The fraction of sp³-hybridized carbons (Fsp3) is 0.850. The Morgan fingerprint density at radius 2 is 1.38 bits per heavy atom.